The van der Waals surface area contributed by atoms with Crippen molar-refractivity contribution < 1.29 is 9.15 Å². The topological polar surface area (TPSA) is 61.4 Å². The average molecular weight is 339 g/mol. The summed E-state index contributed by atoms with van der Waals surface area (Å²) in [5.41, 5.74) is 2.37. The molecule has 0 bridgehead atoms. The Balaban J connectivity index is 1.63. The van der Waals surface area contributed by atoms with Crippen molar-refractivity contribution in [2.45, 2.75) is 33.2 Å². The molecule has 5 nitrogen and oxygen atoms in total. The van der Waals surface area contributed by atoms with E-state index in [1.54, 1.807) is 24.3 Å². The maximum atomic E-state index is 12.0. The number of ether oxygens (including phenoxy) is 1. The monoisotopic (exact) mass is 339 g/mol. The second kappa shape index (κ2) is 7.38. The Hall–Kier alpha value is -2.82. The van der Waals surface area contributed by atoms with Crippen LogP contribution in [-0.2, 0) is 6.54 Å². The molecule has 3 rings (SSSR count). The van der Waals surface area contributed by atoms with Gasteiger partial charge in [0, 0.05) is 6.54 Å². The molecule has 0 N–H and O–H groups in total. The molecule has 1 aromatic heterocycles. The number of hydrogen-bond acceptors (Lipinski definition) is 4. The standard InChI is InChI=1S/C20H21NO4/c1-14-8-7-11-18(15(14)2)24-13-6-5-12-21-17-10-4-3-9-16(17)19(22)25-20(21)23/h3-4,7-11H,5-6,12-13H2,1-2H3. The molecule has 25 heavy (non-hydrogen) atoms. The van der Waals surface area contributed by atoms with Crippen LogP contribution in [0.2, 0.25) is 0 Å². The lowest BCUT2D eigenvalue weighted by Crippen LogP contribution is -2.25. The molecular weight excluding hydrogens is 318 g/mol. The number of aromatic nitrogens is 1. The molecule has 0 unspecified atom stereocenters. The molecule has 0 atom stereocenters. The van der Waals surface area contributed by atoms with Crippen LogP contribution in [0.5, 0.6) is 5.75 Å². The summed E-state index contributed by atoms with van der Waals surface area (Å²) in [6.45, 7) is 5.16. The van der Waals surface area contributed by atoms with Gasteiger partial charge in [-0.15, -0.1) is 0 Å². The number of unbranched alkanes of at least 4 members (excludes halogenated alkanes) is 1. The molecule has 1 heterocycles. The van der Waals surface area contributed by atoms with Crippen molar-refractivity contribution in [3.05, 3.63) is 74.6 Å². The summed E-state index contributed by atoms with van der Waals surface area (Å²) < 4.78 is 12.1. The minimum absolute atomic E-state index is 0.425. The highest BCUT2D eigenvalue weighted by Crippen LogP contribution is 2.20. The van der Waals surface area contributed by atoms with Crippen LogP contribution in [0, 0.1) is 13.8 Å². The SMILES string of the molecule is Cc1cccc(OCCCCn2c(=O)oc(=O)c3ccccc32)c1C. The Bertz CT molecular complexity index is 1000. The zero-order valence-corrected chi connectivity index (χ0v) is 14.5. The van der Waals surface area contributed by atoms with Gasteiger partial charge in [0.2, 0.25) is 0 Å². The van der Waals surface area contributed by atoms with E-state index in [2.05, 4.69) is 13.0 Å². The number of fused-ring (bicyclic) bond motifs is 1. The molecule has 0 saturated carbocycles. The number of nitrogens with zero attached hydrogens (tertiary/aromatic N) is 1. The van der Waals surface area contributed by atoms with E-state index < -0.39 is 11.4 Å². The second-order valence-corrected chi connectivity index (χ2v) is 6.08. The lowest BCUT2D eigenvalue weighted by Gasteiger charge is -2.11. The lowest BCUT2D eigenvalue weighted by atomic mass is 10.1. The highest BCUT2D eigenvalue weighted by Gasteiger charge is 2.08. The van der Waals surface area contributed by atoms with E-state index in [4.69, 9.17) is 9.15 Å². The fourth-order valence-corrected chi connectivity index (χ4v) is 2.82. The van der Waals surface area contributed by atoms with Crippen LogP contribution in [0.25, 0.3) is 10.9 Å². The molecule has 0 aliphatic heterocycles. The Morgan fingerprint density at radius 3 is 2.64 bits per heavy atom. The molecule has 0 fully saturated rings. The van der Waals surface area contributed by atoms with Gasteiger partial charge in [-0.25, -0.2) is 9.59 Å². The van der Waals surface area contributed by atoms with Gasteiger partial charge < -0.3 is 9.15 Å². The quantitative estimate of drug-likeness (QED) is 0.646. The fraction of sp³-hybridized carbons (Fsp3) is 0.300. The van der Waals surface area contributed by atoms with E-state index >= 15 is 0 Å². The molecule has 5 heteroatoms. The molecule has 3 aromatic rings. The first kappa shape index (κ1) is 17.0. The maximum Gasteiger partial charge on any atom is 0.422 e. The van der Waals surface area contributed by atoms with Crippen LogP contribution in [-0.4, -0.2) is 11.2 Å². The Morgan fingerprint density at radius 1 is 1.00 bits per heavy atom. The summed E-state index contributed by atoms with van der Waals surface area (Å²) in [5, 5.41) is 0.425. The highest BCUT2D eigenvalue weighted by molar-refractivity contribution is 5.77. The van der Waals surface area contributed by atoms with Gasteiger partial charge in [0.25, 0.3) is 0 Å². The zero-order chi connectivity index (χ0) is 17.8. The summed E-state index contributed by atoms with van der Waals surface area (Å²) in [7, 11) is 0. The van der Waals surface area contributed by atoms with Crippen LogP contribution in [0.15, 0.2) is 56.5 Å². The van der Waals surface area contributed by atoms with E-state index in [0.717, 1.165) is 24.2 Å². The van der Waals surface area contributed by atoms with Gasteiger partial charge >= 0.3 is 11.4 Å². The molecule has 0 aliphatic carbocycles. The summed E-state index contributed by atoms with van der Waals surface area (Å²) in [6, 6.07) is 13.0. The third-order valence-electron chi connectivity index (χ3n) is 4.40. The van der Waals surface area contributed by atoms with E-state index in [1.807, 2.05) is 19.1 Å². The minimum Gasteiger partial charge on any atom is -0.493 e. The first-order valence-electron chi connectivity index (χ1n) is 8.39. The molecule has 0 amide bonds. The largest absolute Gasteiger partial charge is 0.493 e. The predicted molar refractivity (Wildman–Crippen MR) is 97.4 cm³/mol. The van der Waals surface area contributed by atoms with E-state index in [9.17, 15) is 9.59 Å². The van der Waals surface area contributed by atoms with Gasteiger partial charge in [0.05, 0.1) is 17.5 Å². The van der Waals surface area contributed by atoms with Crippen LogP contribution < -0.4 is 16.1 Å². The van der Waals surface area contributed by atoms with Crippen LogP contribution in [0.1, 0.15) is 24.0 Å². The van der Waals surface area contributed by atoms with Gasteiger partial charge in [-0.05, 0) is 56.0 Å². The molecule has 0 saturated heterocycles. The Morgan fingerprint density at radius 2 is 1.80 bits per heavy atom. The molecule has 0 aliphatic rings. The van der Waals surface area contributed by atoms with E-state index in [-0.39, 0.29) is 0 Å². The van der Waals surface area contributed by atoms with Crippen LogP contribution >= 0.6 is 0 Å². The third-order valence-corrected chi connectivity index (χ3v) is 4.40. The fourth-order valence-electron chi connectivity index (χ4n) is 2.82. The molecular formula is C20H21NO4. The first-order chi connectivity index (χ1) is 12.1. The number of rotatable bonds is 6. The summed E-state index contributed by atoms with van der Waals surface area (Å²) in [4.78, 5) is 23.7. The van der Waals surface area contributed by atoms with Gasteiger partial charge in [-0.3, -0.25) is 4.57 Å². The van der Waals surface area contributed by atoms with E-state index in [0.29, 0.717) is 24.1 Å². The van der Waals surface area contributed by atoms with Gasteiger partial charge in [0.1, 0.15) is 5.75 Å². The minimum atomic E-state index is -0.612. The van der Waals surface area contributed by atoms with Gasteiger partial charge in [-0.2, -0.15) is 0 Å². The van der Waals surface area contributed by atoms with Gasteiger partial charge in [-0.1, -0.05) is 24.3 Å². The van der Waals surface area contributed by atoms with E-state index in [1.165, 1.54) is 10.1 Å². The lowest BCUT2D eigenvalue weighted by molar-refractivity contribution is 0.299. The number of hydrogen-bond donors (Lipinski definition) is 0. The molecule has 0 radical (unpaired) electrons. The second-order valence-electron chi connectivity index (χ2n) is 6.08. The van der Waals surface area contributed by atoms with Crippen molar-refractivity contribution in [2.75, 3.05) is 6.61 Å². The predicted octanol–water partition coefficient (Wildman–Crippen LogP) is 3.43. The smallest absolute Gasteiger partial charge is 0.422 e. The van der Waals surface area contributed by atoms with Crippen molar-refractivity contribution in [1.29, 1.82) is 0 Å². The van der Waals surface area contributed by atoms with Crippen LogP contribution in [0.3, 0.4) is 0 Å². The maximum absolute atomic E-state index is 12.0. The third kappa shape index (κ3) is 3.65. The van der Waals surface area contributed by atoms with Crippen molar-refractivity contribution >= 4 is 10.9 Å². The summed E-state index contributed by atoms with van der Waals surface area (Å²) >= 11 is 0. The first-order valence-corrected chi connectivity index (χ1v) is 8.39. The van der Waals surface area contributed by atoms with Crippen molar-refractivity contribution in [3.63, 3.8) is 0 Å². The van der Waals surface area contributed by atoms with Crippen molar-refractivity contribution in [2.24, 2.45) is 0 Å². The zero-order valence-electron chi connectivity index (χ0n) is 14.5. The average Bonchev–Trinajstić information content (AvgIpc) is 2.60. The van der Waals surface area contributed by atoms with Crippen molar-refractivity contribution in [3.8, 4) is 5.75 Å². The normalized spacial score (nSPS) is 11.0. The van der Waals surface area contributed by atoms with Crippen molar-refractivity contribution in [1.82, 2.24) is 4.57 Å². The number of para-hydroxylation sites is 1. The molecule has 130 valence electrons. The number of benzene rings is 2. The van der Waals surface area contributed by atoms with Gasteiger partial charge in [0.15, 0.2) is 0 Å². The Labute approximate surface area is 145 Å². The highest BCUT2D eigenvalue weighted by atomic mass is 16.5. The summed E-state index contributed by atoms with van der Waals surface area (Å²) in [6.07, 6.45) is 1.55. The molecule has 0 spiro atoms. The molecule has 2 aromatic carbocycles. The van der Waals surface area contributed by atoms with Crippen LogP contribution in [0.4, 0.5) is 0 Å². The Kier molecular flexibility index (Phi) is 5.03. The summed E-state index contributed by atoms with van der Waals surface area (Å²) in [5.74, 6) is 0.285. The number of aryl methyl sites for hydroxylation is 2.